The van der Waals surface area contributed by atoms with Crippen molar-refractivity contribution in [3.8, 4) is 11.5 Å². The first kappa shape index (κ1) is 38.3. The summed E-state index contributed by atoms with van der Waals surface area (Å²) in [4.78, 5) is 14.6. The summed E-state index contributed by atoms with van der Waals surface area (Å²) < 4.78 is 6.92. The molecule has 0 radical (unpaired) electrons. The predicted octanol–water partition coefficient (Wildman–Crippen LogP) is 3.31. The van der Waals surface area contributed by atoms with Crippen LogP contribution in [0.2, 0.25) is 19.6 Å². The Morgan fingerprint density at radius 1 is 1.08 bits per heavy atom. The number of benzene rings is 2. The van der Waals surface area contributed by atoms with Crippen molar-refractivity contribution < 1.29 is 49.3 Å². The molecule has 2 N–H and O–H groups in total. The van der Waals surface area contributed by atoms with E-state index >= 15 is 0 Å². The van der Waals surface area contributed by atoms with Gasteiger partial charge >= 0.3 is 35.5 Å². The number of halogens is 2. The van der Waals surface area contributed by atoms with Crippen LogP contribution in [0, 0.1) is 25.3 Å². The number of fused-ring (bicyclic) bond motifs is 1. The van der Waals surface area contributed by atoms with Gasteiger partial charge in [-0.15, -0.1) is 12.2 Å². The van der Waals surface area contributed by atoms with E-state index in [1.54, 1.807) is 13.8 Å². The number of esters is 1. The molecule has 1 aromatic heterocycles. The van der Waals surface area contributed by atoms with E-state index in [2.05, 4.69) is 93.1 Å². The van der Waals surface area contributed by atoms with Crippen molar-refractivity contribution in [1.82, 2.24) is 4.98 Å². The summed E-state index contributed by atoms with van der Waals surface area (Å²) >= 11 is 7.00. The second kappa shape index (κ2) is 20.1. The number of carbonyl (C=O) groups excluding carboxylic acids is 1. The Kier molecular flexibility index (Phi) is 20.8. The summed E-state index contributed by atoms with van der Waals surface area (Å²) in [6.45, 7) is 14.2. The number of aliphatic hydroxyl groups excluding tert-OH is 1. The summed E-state index contributed by atoms with van der Waals surface area (Å²) in [5.74, 6) is 2.99. The van der Waals surface area contributed by atoms with Gasteiger partial charge in [-0.25, -0.2) is 0 Å². The molecule has 5 nitrogen and oxygen atoms in total. The fraction of sp³-hybridized carbons (Fsp3) is 0.393. The summed E-state index contributed by atoms with van der Waals surface area (Å²) in [5.41, 5.74) is 8.73. The van der Waals surface area contributed by atoms with Gasteiger partial charge in [0, 0.05) is 38.2 Å². The molecule has 0 aliphatic heterocycles. The zero-order valence-corrected chi connectivity index (χ0v) is 29.7. The smallest absolute Gasteiger partial charge is 0.855 e. The van der Waals surface area contributed by atoms with E-state index < -0.39 is 8.07 Å². The van der Waals surface area contributed by atoms with Gasteiger partial charge in [-0.1, -0.05) is 70.4 Å². The zero-order chi connectivity index (χ0) is 27.9. The van der Waals surface area contributed by atoms with Crippen LogP contribution in [-0.4, -0.2) is 44.5 Å². The Morgan fingerprint density at radius 3 is 2.11 bits per heavy atom. The largest absolute Gasteiger partial charge is 1.00 e. The van der Waals surface area contributed by atoms with Gasteiger partial charge in [0.25, 0.3) is 0 Å². The van der Waals surface area contributed by atoms with E-state index in [0.29, 0.717) is 0 Å². The summed E-state index contributed by atoms with van der Waals surface area (Å²) in [6, 6.07) is 10.3. The van der Waals surface area contributed by atoms with Crippen LogP contribution < -0.4 is 34.7 Å². The van der Waals surface area contributed by atoms with Crippen LogP contribution in [0.15, 0.2) is 45.5 Å². The quantitative estimate of drug-likeness (QED) is 0.251. The number of aromatic amines is 1. The van der Waals surface area contributed by atoms with Gasteiger partial charge in [-0.3, -0.25) is 4.79 Å². The number of hydrogen-bond donors (Lipinski definition) is 2. The van der Waals surface area contributed by atoms with Crippen LogP contribution in [-0.2, 0) is 16.0 Å². The van der Waals surface area contributed by atoms with Gasteiger partial charge in [0.2, 0.25) is 0 Å². The van der Waals surface area contributed by atoms with E-state index in [-0.39, 0.29) is 55.2 Å². The van der Waals surface area contributed by atoms with Gasteiger partial charge in [0.1, 0.15) is 8.07 Å². The SMILES string of the molecule is CCO.CC[O-].COC(=O)Cc1cc(C)c(Br)cc1C#C[Si](C)(C)C.Cc1cc2[nH]ccc2cc1Br.[Na+]. The van der Waals surface area contributed by atoms with Crippen molar-refractivity contribution in [1.29, 1.82) is 0 Å². The number of nitrogens with one attached hydrogen (secondary N) is 1. The molecular weight excluding hydrogens is 625 g/mol. The van der Waals surface area contributed by atoms with Crippen molar-refractivity contribution in [2.75, 3.05) is 20.3 Å². The second-order valence-electron chi connectivity index (χ2n) is 8.78. The van der Waals surface area contributed by atoms with Crippen molar-refractivity contribution in [2.45, 2.75) is 53.8 Å². The molecule has 0 spiro atoms. The molecule has 0 atom stereocenters. The molecule has 0 amide bonds. The van der Waals surface area contributed by atoms with Crippen molar-refractivity contribution in [2.24, 2.45) is 0 Å². The van der Waals surface area contributed by atoms with Crippen LogP contribution in [0.3, 0.4) is 0 Å². The maximum absolute atomic E-state index is 11.5. The van der Waals surface area contributed by atoms with Crippen LogP contribution in [0.25, 0.3) is 10.9 Å². The minimum Gasteiger partial charge on any atom is -0.855 e. The van der Waals surface area contributed by atoms with Crippen LogP contribution in [0.5, 0.6) is 0 Å². The molecule has 0 aliphatic carbocycles. The Bertz CT molecular complexity index is 1130. The first-order valence-corrected chi connectivity index (χ1v) is 16.7. The molecule has 37 heavy (non-hydrogen) atoms. The molecule has 2 aromatic carbocycles. The number of ether oxygens (including phenoxy) is 1. The number of rotatable bonds is 2. The Labute approximate surface area is 262 Å². The average molecular weight is 663 g/mol. The molecule has 3 rings (SSSR count). The first-order chi connectivity index (χ1) is 16.8. The molecule has 0 unspecified atom stereocenters. The third-order valence-electron chi connectivity index (χ3n) is 4.35. The van der Waals surface area contributed by atoms with Gasteiger partial charge in [0.15, 0.2) is 0 Å². The number of aryl methyl sites for hydroxylation is 2. The van der Waals surface area contributed by atoms with Crippen LogP contribution >= 0.6 is 31.9 Å². The van der Waals surface area contributed by atoms with Crippen LogP contribution in [0.1, 0.15) is 36.1 Å². The summed E-state index contributed by atoms with van der Waals surface area (Å²) in [7, 11) is -0.0305. The van der Waals surface area contributed by atoms with Crippen LogP contribution in [0.4, 0.5) is 0 Å². The Hall–Kier alpha value is -0.893. The van der Waals surface area contributed by atoms with Crippen molar-refractivity contribution in [3.63, 3.8) is 0 Å². The minimum atomic E-state index is -1.43. The van der Waals surface area contributed by atoms with Gasteiger partial charge in [-0.05, 0) is 61.7 Å². The predicted molar refractivity (Wildman–Crippen MR) is 159 cm³/mol. The number of aromatic nitrogens is 1. The van der Waals surface area contributed by atoms with Gasteiger partial charge in [0.05, 0.1) is 13.5 Å². The zero-order valence-electron chi connectivity index (χ0n) is 23.5. The average Bonchev–Trinajstić information content (AvgIpc) is 3.23. The van der Waals surface area contributed by atoms with E-state index in [4.69, 9.17) is 14.9 Å². The normalized spacial score (nSPS) is 9.62. The minimum absolute atomic E-state index is 0. The standard InChI is InChI=1S/C15H19BrO2Si.C9H8BrN.C2H6O.C2H5O.Na/c1-11-8-13(10-15(17)18-2)12(9-14(11)16)6-7-19(3,4)5;1-6-4-9-7(2-3-11-9)5-8(6)10;2*1-2-3;/h8-9H,10H2,1-5H3;2-5,11H,1H3;3H,2H2,1H3;2H2,1H3;/q;;;-1;+1. The van der Waals surface area contributed by atoms with Crippen molar-refractivity contribution >= 4 is 56.8 Å². The maximum Gasteiger partial charge on any atom is 1.00 e. The van der Waals surface area contributed by atoms with E-state index in [1.807, 2.05) is 25.3 Å². The summed E-state index contributed by atoms with van der Waals surface area (Å²) in [6.07, 6.45) is 2.22. The van der Waals surface area contributed by atoms with Crippen molar-refractivity contribution in [3.05, 3.63) is 67.7 Å². The van der Waals surface area contributed by atoms with Gasteiger partial charge in [-0.2, -0.15) is 0 Å². The molecule has 0 aliphatic rings. The Balaban J connectivity index is 0. The number of aliphatic hydroxyl groups is 1. The summed E-state index contributed by atoms with van der Waals surface area (Å²) in [5, 5.41) is 17.8. The second-order valence-corrected chi connectivity index (χ2v) is 15.2. The Morgan fingerprint density at radius 2 is 1.59 bits per heavy atom. The number of H-pyrrole nitrogens is 1. The van der Waals surface area contributed by atoms with E-state index in [9.17, 15) is 4.79 Å². The van der Waals surface area contributed by atoms with E-state index in [0.717, 1.165) is 21.2 Å². The fourth-order valence-electron chi connectivity index (χ4n) is 2.67. The molecular formula is C28H38Br2NNaO4Si. The maximum atomic E-state index is 11.5. The third kappa shape index (κ3) is 16.0. The molecule has 1 heterocycles. The number of hydrogen-bond acceptors (Lipinski definition) is 4. The first-order valence-electron chi connectivity index (χ1n) is 11.6. The molecule has 0 saturated heterocycles. The molecule has 3 aromatic rings. The number of carbonyl (C=O) groups is 1. The monoisotopic (exact) mass is 661 g/mol. The van der Waals surface area contributed by atoms with E-state index in [1.165, 1.54) is 28.0 Å². The molecule has 198 valence electrons. The fourth-order valence-corrected chi connectivity index (χ4v) is 3.88. The molecule has 0 saturated carbocycles. The molecule has 9 heteroatoms. The molecule has 0 fully saturated rings. The topological polar surface area (TPSA) is 85.4 Å². The van der Waals surface area contributed by atoms with Gasteiger partial charge < -0.3 is 19.9 Å². The third-order valence-corrected chi connectivity index (χ3v) is 6.94. The molecule has 0 bridgehead atoms. The number of methoxy groups -OCH3 is 1.